The van der Waals surface area contributed by atoms with Crippen LogP contribution >= 0.6 is 12.2 Å². The zero-order chi connectivity index (χ0) is 24.3. The Hall–Kier alpha value is -3.71. The minimum Gasteiger partial charge on any atom is -0.493 e. The number of carbonyl (C=O) groups is 2. The molecule has 2 N–H and O–H groups in total. The standard InChI is InChI=1S/C27H29N3O3S/c1-30(2)25(31)15-14-21-10-6-12-23(18-21)28-27(34)29-26(32)22-11-7-13-24(19-22)33-17-16-20-8-4-3-5-9-20/h3-13,18-19H,14-17H2,1-2H3,(H2,28,29,32,34). The number of benzene rings is 3. The zero-order valence-electron chi connectivity index (χ0n) is 19.4. The number of carbonyl (C=O) groups excluding carboxylic acids is 2. The first-order valence-electron chi connectivity index (χ1n) is 11.1. The first-order valence-corrected chi connectivity index (χ1v) is 11.5. The predicted octanol–water partition coefficient (Wildman–Crippen LogP) is 4.46. The minimum atomic E-state index is -0.321. The number of nitrogens with one attached hydrogen (secondary N) is 2. The highest BCUT2D eigenvalue weighted by Gasteiger charge is 2.10. The maximum atomic E-state index is 12.7. The van der Waals surface area contributed by atoms with Crippen LogP contribution in [-0.4, -0.2) is 42.5 Å². The van der Waals surface area contributed by atoms with Crippen LogP contribution in [0.25, 0.3) is 0 Å². The fourth-order valence-electron chi connectivity index (χ4n) is 3.28. The van der Waals surface area contributed by atoms with Gasteiger partial charge in [-0.25, -0.2) is 0 Å². The summed E-state index contributed by atoms with van der Waals surface area (Å²) in [5.41, 5.74) is 3.41. The highest BCUT2D eigenvalue weighted by molar-refractivity contribution is 7.80. The van der Waals surface area contributed by atoms with Crippen molar-refractivity contribution in [3.8, 4) is 5.75 Å². The third kappa shape index (κ3) is 8.01. The van der Waals surface area contributed by atoms with Crippen LogP contribution in [0.2, 0.25) is 0 Å². The van der Waals surface area contributed by atoms with E-state index in [9.17, 15) is 9.59 Å². The molecule has 34 heavy (non-hydrogen) atoms. The van der Waals surface area contributed by atoms with Gasteiger partial charge in [0.2, 0.25) is 5.91 Å². The molecule has 0 saturated heterocycles. The van der Waals surface area contributed by atoms with Crippen LogP contribution in [0.4, 0.5) is 5.69 Å². The van der Waals surface area contributed by atoms with Gasteiger partial charge in [0.25, 0.3) is 5.91 Å². The summed E-state index contributed by atoms with van der Waals surface area (Å²) in [6.45, 7) is 0.519. The molecule has 0 radical (unpaired) electrons. The SMILES string of the molecule is CN(C)C(=O)CCc1cccc(NC(=S)NC(=O)c2cccc(OCCc3ccccc3)c2)c1. The summed E-state index contributed by atoms with van der Waals surface area (Å²) in [7, 11) is 3.49. The van der Waals surface area contributed by atoms with E-state index in [1.807, 2.05) is 48.5 Å². The van der Waals surface area contributed by atoms with E-state index in [-0.39, 0.29) is 16.9 Å². The lowest BCUT2D eigenvalue weighted by molar-refractivity contribution is -0.128. The number of ether oxygens (including phenoxy) is 1. The van der Waals surface area contributed by atoms with Crippen molar-refractivity contribution in [1.29, 1.82) is 0 Å². The molecule has 3 aromatic carbocycles. The normalized spacial score (nSPS) is 10.3. The van der Waals surface area contributed by atoms with E-state index in [4.69, 9.17) is 17.0 Å². The van der Waals surface area contributed by atoms with Crippen molar-refractivity contribution >= 4 is 34.8 Å². The molecule has 0 aliphatic carbocycles. The van der Waals surface area contributed by atoms with Crippen LogP contribution in [0, 0.1) is 0 Å². The van der Waals surface area contributed by atoms with Crippen LogP contribution in [0.3, 0.4) is 0 Å². The molecule has 0 atom stereocenters. The van der Waals surface area contributed by atoms with Crippen molar-refractivity contribution in [3.05, 3.63) is 95.6 Å². The molecule has 176 valence electrons. The molecule has 2 amide bonds. The Labute approximate surface area is 205 Å². The van der Waals surface area contributed by atoms with Gasteiger partial charge in [0.15, 0.2) is 5.11 Å². The van der Waals surface area contributed by atoms with E-state index in [2.05, 4.69) is 22.8 Å². The molecule has 0 unspecified atom stereocenters. The molecular formula is C27H29N3O3S. The van der Waals surface area contributed by atoms with Gasteiger partial charge < -0.3 is 15.0 Å². The Morgan fingerprint density at radius 3 is 2.38 bits per heavy atom. The van der Waals surface area contributed by atoms with Crippen LogP contribution in [-0.2, 0) is 17.6 Å². The highest BCUT2D eigenvalue weighted by Crippen LogP contribution is 2.15. The molecule has 3 rings (SSSR count). The Morgan fingerprint density at radius 1 is 0.882 bits per heavy atom. The zero-order valence-corrected chi connectivity index (χ0v) is 20.2. The van der Waals surface area contributed by atoms with Gasteiger partial charge in [-0.15, -0.1) is 0 Å². The first-order chi connectivity index (χ1) is 16.4. The van der Waals surface area contributed by atoms with Gasteiger partial charge in [0.1, 0.15) is 5.75 Å². The molecule has 0 spiro atoms. The molecule has 7 heteroatoms. The summed E-state index contributed by atoms with van der Waals surface area (Å²) in [4.78, 5) is 26.1. The van der Waals surface area contributed by atoms with Gasteiger partial charge in [-0.1, -0.05) is 48.5 Å². The summed E-state index contributed by atoms with van der Waals surface area (Å²) in [5, 5.41) is 5.93. The van der Waals surface area contributed by atoms with Gasteiger partial charge in [0, 0.05) is 38.2 Å². The minimum absolute atomic E-state index is 0.0763. The smallest absolute Gasteiger partial charge is 0.257 e. The van der Waals surface area contributed by atoms with Gasteiger partial charge in [0.05, 0.1) is 6.61 Å². The quantitative estimate of drug-likeness (QED) is 0.447. The van der Waals surface area contributed by atoms with Crippen LogP contribution in [0.15, 0.2) is 78.9 Å². The van der Waals surface area contributed by atoms with E-state index in [1.165, 1.54) is 5.56 Å². The number of thiocarbonyl (C=S) groups is 1. The van der Waals surface area contributed by atoms with Gasteiger partial charge >= 0.3 is 0 Å². The Morgan fingerprint density at radius 2 is 1.62 bits per heavy atom. The van der Waals surface area contributed by atoms with Crippen molar-refractivity contribution in [2.24, 2.45) is 0 Å². The fraction of sp³-hybridized carbons (Fsp3) is 0.222. The van der Waals surface area contributed by atoms with E-state index in [0.29, 0.717) is 30.8 Å². The number of hydrogen-bond donors (Lipinski definition) is 2. The lowest BCUT2D eigenvalue weighted by Crippen LogP contribution is -2.34. The molecule has 6 nitrogen and oxygen atoms in total. The first kappa shape index (κ1) is 24.9. The second-order valence-electron chi connectivity index (χ2n) is 8.01. The van der Waals surface area contributed by atoms with E-state index in [1.54, 1.807) is 37.2 Å². The van der Waals surface area contributed by atoms with Crippen molar-refractivity contribution < 1.29 is 14.3 Å². The average Bonchev–Trinajstić information content (AvgIpc) is 2.83. The summed E-state index contributed by atoms with van der Waals surface area (Å²) in [5.74, 6) is 0.383. The number of hydrogen-bond acceptors (Lipinski definition) is 4. The predicted molar refractivity (Wildman–Crippen MR) is 139 cm³/mol. The van der Waals surface area contributed by atoms with Crippen LogP contribution in [0.1, 0.15) is 27.9 Å². The second kappa shape index (κ2) is 12.5. The largest absolute Gasteiger partial charge is 0.493 e. The van der Waals surface area contributed by atoms with Gasteiger partial charge in [-0.2, -0.15) is 0 Å². The second-order valence-corrected chi connectivity index (χ2v) is 8.42. The molecule has 0 aliphatic heterocycles. The molecule has 0 heterocycles. The molecule has 0 fully saturated rings. The third-order valence-corrected chi connectivity index (χ3v) is 5.34. The van der Waals surface area contributed by atoms with Crippen molar-refractivity contribution in [3.63, 3.8) is 0 Å². The Kier molecular flexibility index (Phi) is 9.17. The summed E-state index contributed by atoms with van der Waals surface area (Å²) in [6, 6.07) is 24.7. The number of rotatable bonds is 9. The van der Waals surface area contributed by atoms with Crippen molar-refractivity contribution in [2.75, 3.05) is 26.0 Å². The maximum absolute atomic E-state index is 12.7. The average molecular weight is 476 g/mol. The lowest BCUT2D eigenvalue weighted by atomic mass is 10.1. The number of aryl methyl sites for hydroxylation is 1. The van der Waals surface area contributed by atoms with Gasteiger partial charge in [-0.3, -0.25) is 14.9 Å². The third-order valence-electron chi connectivity index (χ3n) is 5.14. The molecule has 3 aromatic rings. The van der Waals surface area contributed by atoms with Crippen LogP contribution < -0.4 is 15.4 Å². The monoisotopic (exact) mass is 475 g/mol. The summed E-state index contributed by atoms with van der Waals surface area (Å²) in [6.07, 6.45) is 1.84. The molecule has 0 aliphatic rings. The number of amides is 2. The van der Waals surface area contributed by atoms with Crippen LogP contribution in [0.5, 0.6) is 5.75 Å². The molecular weight excluding hydrogens is 446 g/mol. The summed E-state index contributed by atoms with van der Waals surface area (Å²) < 4.78 is 5.81. The van der Waals surface area contributed by atoms with Crippen molar-refractivity contribution in [1.82, 2.24) is 10.2 Å². The molecule has 0 saturated carbocycles. The van der Waals surface area contributed by atoms with E-state index >= 15 is 0 Å². The van der Waals surface area contributed by atoms with E-state index < -0.39 is 0 Å². The fourth-order valence-corrected chi connectivity index (χ4v) is 3.49. The Bertz CT molecular complexity index is 1130. The lowest BCUT2D eigenvalue weighted by Gasteiger charge is -2.12. The van der Waals surface area contributed by atoms with Crippen molar-refractivity contribution in [2.45, 2.75) is 19.3 Å². The molecule has 0 bridgehead atoms. The maximum Gasteiger partial charge on any atom is 0.257 e. The number of nitrogens with zero attached hydrogens (tertiary/aromatic N) is 1. The molecule has 0 aromatic heterocycles. The van der Waals surface area contributed by atoms with E-state index in [0.717, 1.165) is 17.7 Å². The summed E-state index contributed by atoms with van der Waals surface area (Å²) >= 11 is 5.32. The highest BCUT2D eigenvalue weighted by atomic mass is 32.1. The number of anilines is 1. The Balaban J connectivity index is 1.50. The van der Waals surface area contributed by atoms with Gasteiger partial charge in [-0.05, 0) is 60.1 Å². The topological polar surface area (TPSA) is 70.7 Å².